The van der Waals surface area contributed by atoms with Crippen molar-refractivity contribution in [3.05, 3.63) is 33.6 Å². The van der Waals surface area contributed by atoms with Gasteiger partial charge >= 0.3 is 0 Å². The maximum Gasteiger partial charge on any atom is 0.226 e. The Bertz CT molecular complexity index is 671. The maximum absolute atomic E-state index is 11.9. The third-order valence-corrected chi connectivity index (χ3v) is 5.74. The zero-order valence-corrected chi connectivity index (χ0v) is 13.3. The van der Waals surface area contributed by atoms with E-state index in [-0.39, 0.29) is 11.8 Å². The standard InChI is InChI=1S/C16H20N4OS/c21-15-8-12(13-9-17-19-16(13)18-15)14-5-4-11(22-14)10-20-6-2-1-3-7-20/h4-5,9,12H,1-3,6-8,10H2,(H2,17,18,19,21). The van der Waals surface area contributed by atoms with Crippen molar-refractivity contribution in [3.8, 4) is 0 Å². The van der Waals surface area contributed by atoms with E-state index in [0.29, 0.717) is 6.42 Å². The number of thiophene rings is 1. The van der Waals surface area contributed by atoms with Crippen LogP contribution in [0.1, 0.15) is 46.9 Å². The number of piperidine rings is 1. The zero-order chi connectivity index (χ0) is 14.9. The topological polar surface area (TPSA) is 61.0 Å². The minimum Gasteiger partial charge on any atom is -0.311 e. The van der Waals surface area contributed by atoms with Gasteiger partial charge in [-0.25, -0.2) is 0 Å². The van der Waals surface area contributed by atoms with Crippen LogP contribution in [-0.4, -0.2) is 34.1 Å². The molecule has 0 spiro atoms. The summed E-state index contributed by atoms with van der Waals surface area (Å²) in [7, 11) is 0. The first-order valence-corrected chi connectivity index (χ1v) is 8.75. The Labute approximate surface area is 133 Å². The Balaban J connectivity index is 1.53. The molecular weight excluding hydrogens is 296 g/mol. The summed E-state index contributed by atoms with van der Waals surface area (Å²) in [6.07, 6.45) is 6.35. The number of nitrogens with zero attached hydrogens (tertiary/aromatic N) is 2. The third kappa shape index (κ3) is 2.68. The average molecular weight is 316 g/mol. The molecule has 5 nitrogen and oxygen atoms in total. The maximum atomic E-state index is 11.9. The number of carbonyl (C=O) groups excluding carboxylic acids is 1. The van der Waals surface area contributed by atoms with E-state index in [4.69, 9.17) is 0 Å². The van der Waals surface area contributed by atoms with Gasteiger partial charge in [0.25, 0.3) is 0 Å². The first-order chi connectivity index (χ1) is 10.8. The molecule has 0 aliphatic carbocycles. The SMILES string of the molecule is O=C1CC(c2ccc(CN3CCCCC3)s2)c2cn[nH]c2N1. The van der Waals surface area contributed by atoms with Crippen LogP contribution in [0.25, 0.3) is 0 Å². The van der Waals surface area contributed by atoms with Crippen LogP contribution >= 0.6 is 11.3 Å². The van der Waals surface area contributed by atoms with E-state index >= 15 is 0 Å². The second kappa shape index (κ2) is 5.85. The van der Waals surface area contributed by atoms with Gasteiger partial charge in [-0.1, -0.05) is 6.42 Å². The molecule has 2 aliphatic rings. The number of rotatable bonds is 3. The lowest BCUT2D eigenvalue weighted by Gasteiger charge is -2.25. The number of hydrogen-bond acceptors (Lipinski definition) is 4. The van der Waals surface area contributed by atoms with E-state index in [1.54, 1.807) is 0 Å². The highest BCUT2D eigenvalue weighted by Crippen LogP contribution is 2.39. The molecule has 0 aromatic carbocycles. The molecule has 1 atom stereocenters. The summed E-state index contributed by atoms with van der Waals surface area (Å²) in [6, 6.07) is 4.41. The van der Waals surface area contributed by atoms with E-state index in [0.717, 1.165) is 17.9 Å². The fourth-order valence-electron chi connectivity index (χ4n) is 3.40. The van der Waals surface area contributed by atoms with E-state index in [1.165, 1.54) is 42.1 Å². The molecule has 1 amide bonds. The van der Waals surface area contributed by atoms with Gasteiger partial charge in [0.1, 0.15) is 5.82 Å². The highest BCUT2D eigenvalue weighted by Gasteiger charge is 2.29. The smallest absolute Gasteiger partial charge is 0.226 e. The van der Waals surface area contributed by atoms with Gasteiger partial charge in [0.15, 0.2) is 0 Å². The second-order valence-corrected chi connectivity index (χ2v) is 7.35. The number of nitrogens with one attached hydrogen (secondary N) is 2. The van der Waals surface area contributed by atoms with Crippen LogP contribution in [0, 0.1) is 0 Å². The van der Waals surface area contributed by atoms with Gasteiger partial charge in [-0.3, -0.25) is 14.8 Å². The van der Waals surface area contributed by atoms with E-state index < -0.39 is 0 Å². The van der Waals surface area contributed by atoms with Crippen molar-refractivity contribution >= 4 is 23.1 Å². The first-order valence-electron chi connectivity index (χ1n) is 7.93. The largest absolute Gasteiger partial charge is 0.311 e. The molecule has 4 rings (SSSR count). The van der Waals surface area contributed by atoms with Crippen LogP contribution in [0.3, 0.4) is 0 Å². The molecule has 2 N–H and O–H groups in total. The van der Waals surface area contributed by atoms with Crippen molar-refractivity contribution in [1.82, 2.24) is 15.1 Å². The van der Waals surface area contributed by atoms with Gasteiger partial charge in [0.2, 0.25) is 5.91 Å². The second-order valence-electron chi connectivity index (χ2n) is 6.15. The molecule has 4 heterocycles. The number of hydrogen-bond donors (Lipinski definition) is 2. The van der Waals surface area contributed by atoms with Crippen LogP contribution in [0.5, 0.6) is 0 Å². The van der Waals surface area contributed by atoms with Crippen LogP contribution in [-0.2, 0) is 11.3 Å². The predicted octanol–water partition coefficient (Wildman–Crippen LogP) is 2.93. The molecular formula is C16H20N4OS. The third-order valence-electron chi connectivity index (χ3n) is 4.55. The average Bonchev–Trinajstić information content (AvgIpc) is 3.16. The Morgan fingerprint density at radius 1 is 1.27 bits per heavy atom. The number of fused-ring (bicyclic) bond motifs is 1. The highest BCUT2D eigenvalue weighted by atomic mass is 32.1. The predicted molar refractivity (Wildman–Crippen MR) is 87.1 cm³/mol. The van der Waals surface area contributed by atoms with Crippen molar-refractivity contribution in [2.75, 3.05) is 18.4 Å². The molecule has 0 bridgehead atoms. The lowest BCUT2D eigenvalue weighted by molar-refractivity contribution is -0.116. The number of likely N-dealkylation sites (tertiary alicyclic amines) is 1. The zero-order valence-electron chi connectivity index (χ0n) is 12.5. The number of anilines is 1. The summed E-state index contributed by atoms with van der Waals surface area (Å²) < 4.78 is 0. The number of carbonyl (C=O) groups is 1. The monoisotopic (exact) mass is 316 g/mol. The summed E-state index contributed by atoms with van der Waals surface area (Å²) in [5.74, 6) is 0.961. The Kier molecular flexibility index (Phi) is 3.72. The van der Waals surface area contributed by atoms with E-state index in [9.17, 15) is 4.79 Å². The lowest BCUT2D eigenvalue weighted by atomic mass is 9.93. The fourth-order valence-corrected chi connectivity index (χ4v) is 4.58. The number of aromatic amines is 1. The van der Waals surface area contributed by atoms with Crippen molar-refractivity contribution in [2.45, 2.75) is 38.1 Å². The molecule has 2 aliphatic heterocycles. The van der Waals surface area contributed by atoms with Crippen molar-refractivity contribution < 1.29 is 4.79 Å². The minimum atomic E-state index is 0.0627. The molecule has 1 fully saturated rings. The van der Waals surface area contributed by atoms with Gasteiger partial charge in [-0.2, -0.15) is 5.10 Å². The molecule has 6 heteroatoms. The van der Waals surface area contributed by atoms with Crippen LogP contribution in [0.2, 0.25) is 0 Å². The normalized spacial score (nSPS) is 22.4. The Morgan fingerprint density at radius 2 is 2.14 bits per heavy atom. The van der Waals surface area contributed by atoms with Gasteiger partial charge in [-0.15, -0.1) is 11.3 Å². The molecule has 2 aromatic heterocycles. The summed E-state index contributed by atoms with van der Waals surface area (Å²) in [5, 5.41) is 9.80. The summed E-state index contributed by atoms with van der Waals surface area (Å²) in [4.78, 5) is 17.1. The summed E-state index contributed by atoms with van der Waals surface area (Å²) in [6.45, 7) is 3.47. The van der Waals surface area contributed by atoms with Crippen molar-refractivity contribution in [3.63, 3.8) is 0 Å². The van der Waals surface area contributed by atoms with Crippen LogP contribution in [0.4, 0.5) is 5.82 Å². The van der Waals surface area contributed by atoms with E-state index in [2.05, 4.69) is 32.5 Å². The summed E-state index contributed by atoms with van der Waals surface area (Å²) in [5.41, 5.74) is 1.10. The minimum absolute atomic E-state index is 0.0627. The molecule has 2 aromatic rings. The molecule has 0 saturated carbocycles. The Hall–Kier alpha value is -1.66. The quantitative estimate of drug-likeness (QED) is 0.915. The molecule has 116 valence electrons. The fraction of sp³-hybridized carbons (Fsp3) is 0.500. The van der Waals surface area contributed by atoms with Crippen LogP contribution in [0.15, 0.2) is 18.3 Å². The highest BCUT2D eigenvalue weighted by molar-refractivity contribution is 7.12. The first kappa shape index (κ1) is 14.0. The van der Waals surface area contributed by atoms with Gasteiger partial charge in [0.05, 0.1) is 6.20 Å². The Morgan fingerprint density at radius 3 is 3.00 bits per heavy atom. The summed E-state index contributed by atoms with van der Waals surface area (Å²) >= 11 is 1.84. The lowest BCUT2D eigenvalue weighted by Crippen LogP contribution is -2.28. The van der Waals surface area contributed by atoms with Gasteiger partial charge < -0.3 is 5.32 Å². The number of aromatic nitrogens is 2. The van der Waals surface area contributed by atoms with Crippen molar-refractivity contribution in [2.24, 2.45) is 0 Å². The van der Waals surface area contributed by atoms with Gasteiger partial charge in [-0.05, 0) is 38.1 Å². The molecule has 1 unspecified atom stereocenters. The van der Waals surface area contributed by atoms with Crippen LogP contribution < -0.4 is 5.32 Å². The molecule has 0 radical (unpaired) electrons. The number of amides is 1. The van der Waals surface area contributed by atoms with Crippen molar-refractivity contribution in [1.29, 1.82) is 0 Å². The molecule has 22 heavy (non-hydrogen) atoms. The number of H-pyrrole nitrogens is 1. The molecule has 1 saturated heterocycles. The van der Waals surface area contributed by atoms with Gasteiger partial charge in [0, 0.05) is 34.2 Å². The van der Waals surface area contributed by atoms with E-state index in [1.807, 2.05) is 17.5 Å².